The minimum atomic E-state index is -4.59. The summed E-state index contributed by atoms with van der Waals surface area (Å²) < 4.78 is 40.3. The van der Waals surface area contributed by atoms with Crippen LogP contribution in [0.3, 0.4) is 0 Å². The Hall–Kier alpha value is -1.73. The van der Waals surface area contributed by atoms with Crippen LogP contribution in [-0.4, -0.2) is 16.6 Å². The molecule has 2 atom stereocenters. The first-order chi connectivity index (χ1) is 12.7. The molecule has 3 nitrogen and oxygen atoms in total. The van der Waals surface area contributed by atoms with Crippen LogP contribution in [0, 0.1) is 18.8 Å². The van der Waals surface area contributed by atoms with Crippen molar-refractivity contribution in [1.82, 2.24) is 4.98 Å². The fraction of sp³-hybridized carbons (Fsp3) is 0.421. The average molecular weight is 414 g/mol. The number of nitrogens with zero attached hydrogens (tertiary/aromatic N) is 1. The van der Waals surface area contributed by atoms with E-state index in [4.69, 9.17) is 11.6 Å². The zero-order valence-electron chi connectivity index (χ0n) is 14.3. The Labute approximate surface area is 162 Å². The second-order valence-corrected chi connectivity index (χ2v) is 8.73. The molecule has 0 N–H and O–H groups in total. The highest BCUT2D eigenvalue weighted by atomic mass is 35.5. The van der Waals surface area contributed by atoms with Gasteiger partial charge < -0.3 is 0 Å². The SMILES string of the molecule is Cc1sc(-c2ccc(Cl)cc2C(F)(F)F)nc1C1C(=O)[C@H]2CC[C@@H](C2)C1=O. The maximum atomic E-state index is 13.4. The summed E-state index contributed by atoms with van der Waals surface area (Å²) >= 11 is 6.81. The van der Waals surface area contributed by atoms with E-state index in [9.17, 15) is 22.8 Å². The predicted octanol–water partition coefficient (Wildman–Crippen LogP) is 5.44. The van der Waals surface area contributed by atoms with Crippen LogP contribution in [0.4, 0.5) is 13.2 Å². The Balaban J connectivity index is 1.80. The summed E-state index contributed by atoms with van der Waals surface area (Å²) in [4.78, 5) is 30.4. The summed E-state index contributed by atoms with van der Waals surface area (Å²) in [6.07, 6.45) is -2.58. The molecular weight excluding hydrogens is 399 g/mol. The van der Waals surface area contributed by atoms with E-state index in [1.807, 2.05) is 0 Å². The van der Waals surface area contributed by atoms with Crippen molar-refractivity contribution < 1.29 is 22.8 Å². The molecule has 2 aromatic rings. The normalized spacial score (nSPS) is 25.3. The average Bonchev–Trinajstić information content (AvgIpc) is 3.19. The van der Waals surface area contributed by atoms with Crippen molar-refractivity contribution in [3.8, 4) is 10.6 Å². The molecule has 0 amide bonds. The van der Waals surface area contributed by atoms with Gasteiger partial charge in [-0.2, -0.15) is 13.2 Å². The number of ketones is 2. The molecule has 0 saturated heterocycles. The molecule has 0 aliphatic heterocycles. The molecular formula is C19H15ClF3NO2S. The van der Waals surface area contributed by atoms with Crippen LogP contribution in [0.2, 0.25) is 5.02 Å². The lowest BCUT2D eigenvalue weighted by Gasteiger charge is -2.24. The smallest absolute Gasteiger partial charge is 0.298 e. The number of rotatable bonds is 2. The molecule has 1 aromatic heterocycles. The highest BCUT2D eigenvalue weighted by Crippen LogP contribution is 2.46. The monoisotopic (exact) mass is 413 g/mol. The highest BCUT2D eigenvalue weighted by molar-refractivity contribution is 7.15. The zero-order valence-corrected chi connectivity index (χ0v) is 15.8. The zero-order chi connectivity index (χ0) is 19.5. The fourth-order valence-corrected chi connectivity index (χ4v) is 5.27. The van der Waals surface area contributed by atoms with Crippen LogP contribution < -0.4 is 0 Å². The number of aryl methyl sites for hydroxylation is 1. The lowest BCUT2D eigenvalue weighted by molar-refractivity contribution is -0.137. The van der Waals surface area contributed by atoms with Crippen LogP contribution in [0.25, 0.3) is 10.6 Å². The predicted molar refractivity (Wildman–Crippen MR) is 95.9 cm³/mol. The number of hydrogen-bond donors (Lipinski definition) is 0. The number of benzene rings is 1. The molecule has 1 heterocycles. The van der Waals surface area contributed by atoms with E-state index < -0.39 is 17.7 Å². The molecule has 0 radical (unpaired) electrons. The van der Waals surface area contributed by atoms with Gasteiger partial charge in [0, 0.05) is 27.3 Å². The Morgan fingerprint density at radius 2 is 1.78 bits per heavy atom. The molecule has 0 unspecified atom stereocenters. The van der Waals surface area contributed by atoms with E-state index in [1.54, 1.807) is 6.92 Å². The maximum Gasteiger partial charge on any atom is 0.417 e. The molecule has 2 saturated carbocycles. The maximum absolute atomic E-state index is 13.4. The van der Waals surface area contributed by atoms with Crippen molar-refractivity contribution in [2.75, 3.05) is 0 Å². The summed E-state index contributed by atoms with van der Waals surface area (Å²) in [7, 11) is 0. The second-order valence-electron chi connectivity index (χ2n) is 7.09. The van der Waals surface area contributed by atoms with Crippen molar-refractivity contribution in [2.24, 2.45) is 11.8 Å². The molecule has 27 heavy (non-hydrogen) atoms. The lowest BCUT2D eigenvalue weighted by Crippen LogP contribution is -2.35. The Kier molecular flexibility index (Phi) is 4.42. The summed E-state index contributed by atoms with van der Waals surface area (Å²) in [5.41, 5.74) is -0.661. The summed E-state index contributed by atoms with van der Waals surface area (Å²) in [6, 6.07) is 3.52. The first-order valence-electron chi connectivity index (χ1n) is 8.58. The van der Waals surface area contributed by atoms with Gasteiger partial charge in [0.2, 0.25) is 0 Å². The van der Waals surface area contributed by atoms with Crippen molar-refractivity contribution in [2.45, 2.75) is 38.3 Å². The van der Waals surface area contributed by atoms with Crippen LogP contribution in [0.1, 0.15) is 41.3 Å². The molecule has 8 heteroatoms. The van der Waals surface area contributed by atoms with E-state index in [1.165, 1.54) is 12.1 Å². The van der Waals surface area contributed by atoms with Gasteiger partial charge >= 0.3 is 6.18 Å². The van der Waals surface area contributed by atoms with E-state index in [0.717, 1.165) is 17.4 Å². The fourth-order valence-electron chi connectivity index (χ4n) is 4.11. The van der Waals surface area contributed by atoms with Gasteiger partial charge in [0.15, 0.2) is 11.6 Å². The topological polar surface area (TPSA) is 47.0 Å². The molecule has 2 bridgehead atoms. The number of thiazole rings is 1. The molecule has 2 aliphatic carbocycles. The highest BCUT2D eigenvalue weighted by Gasteiger charge is 2.49. The van der Waals surface area contributed by atoms with E-state index in [2.05, 4.69) is 4.98 Å². The van der Waals surface area contributed by atoms with Crippen molar-refractivity contribution in [3.05, 3.63) is 39.4 Å². The molecule has 142 valence electrons. The van der Waals surface area contributed by atoms with Gasteiger partial charge in [-0.15, -0.1) is 11.3 Å². The number of hydrogen-bond acceptors (Lipinski definition) is 4. The third-order valence-corrected chi connectivity index (χ3v) is 6.68. The summed E-state index contributed by atoms with van der Waals surface area (Å²) in [5, 5.41) is 0.124. The first kappa shape index (κ1) is 18.6. The van der Waals surface area contributed by atoms with Gasteiger partial charge in [-0.1, -0.05) is 11.6 Å². The summed E-state index contributed by atoms with van der Waals surface area (Å²) in [5.74, 6) is -1.49. The number of aromatic nitrogens is 1. The van der Waals surface area contributed by atoms with Gasteiger partial charge in [-0.3, -0.25) is 9.59 Å². The molecule has 0 spiro atoms. The molecule has 2 fully saturated rings. The first-order valence-corrected chi connectivity index (χ1v) is 9.78. The Morgan fingerprint density at radius 3 is 2.37 bits per heavy atom. The number of fused-ring (bicyclic) bond motifs is 2. The number of halogens is 4. The van der Waals surface area contributed by atoms with Gasteiger partial charge in [0.25, 0.3) is 0 Å². The quantitative estimate of drug-likeness (QED) is 0.616. The molecule has 1 aromatic carbocycles. The van der Waals surface area contributed by atoms with E-state index >= 15 is 0 Å². The molecule has 4 rings (SSSR count). The van der Waals surface area contributed by atoms with Crippen molar-refractivity contribution in [1.29, 1.82) is 0 Å². The van der Waals surface area contributed by atoms with Crippen LogP contribution in [0.5, 0.6) is 0 Å². The number of carbonyl (C=O) groups is 2. The van der Waals surface area contributed by atoms with E-state index in [-0.39, 0.29) is 39.0 Å². The van der Waals surface area contributed by atoms with Crippen LogP contribution in [-0.2, 0) is 15.8 Å². The Morgan fingerprint density at radius 1 is 1.15 bits per heavy atom. The standard InChI is InChI=1S/C19H15ClF3NO2S/c1-8-15(14-16(25)9-2-3-10(6-9)17(14)26)24-18(27-8)12-5-4-11(20)7-13(12)19(21,22)23/h4-5,7,9-10,14H,2-3,6H2,1H3/t9-,10-/m0/s1. The van der Waals surface area contributed by atoms with Gasteiger partial charge in [0.05, 0.1) is 11.3 Å². The van der Waals surface area contributed by atoms with Crippen LogP contribution >= 0.6 is 22.9 Å². The van der Waals surface area contributed by atoms with Crippen molar-refractivity contribution >= 4 is 34.5 Å². The largest absolute Gasteiger partial charge is 0.417 e. The van der Waals surface area contributed by atoms with Gasteiger partial charge in [0.1, 0.15) is 10.9 Å². The number of carbonyl (C=O) groups excluding carboxylic acids is 2. The second kappa shape index (κ2) is 6.41. The number of alkyl halides is 3. The number of Topliss-reactive ketones (excluding diaryl/α,β-unsaturated/α-hetero) is 2. The molecule has 2 aliphatic rings. The third kappa shape index (κ3) is 3.10. The lowest BCUT2D eigenvalue weighted by atomic mass is 9.77. The minimum absolute atomic E-state index is 0.0196. The van der Waals surface area contributed by atoms with Crippen molar-refractivity contribution in [3.63, 3.8) is 0 Å². The Bertz CT molecular complexity index is 931. The van der Waals surface area contributed by atoms with Gasteiger partial charge in [-0.25, -0.2) is 4.98 Å². The summed E-state index contributed by atoms with van der Waals surface area (Å²) in [6.45, 7) is 1.69. The van der Waals surface area contributed by atoms with E-state index in [0.29, 0.717) is 29.8 Å². The third-order valence-electron chi connectivity index (χ3n) is 5.43. The van der Waals surface area contributed by atoms with Crippen LogP contribution in [0.15, 0.2) is 18.2 Å². The van der Waals surface area contributed by atoms with Gasteiger partial charge in [-0.05, 0) is 44.4 Å². The minimum Gasteiger partial charge on any atom is -0.298 e.